The van der Waals surface area contributed by atoms with E-state index in [0.29, 0.717) is 31.9 Å². The first-order chi connectivity index (χ1) is 13.7. The normalized spacial score (nSPS) is 10.5. The molecule has 1 heterocycles. The minimum atomic E-state index is -0.281. The highest BCUT2D eigenvalue weighted by atomic mass is 32.1. The number of ether oxygens (including phenoxy) is 3. The summed E-state index contributed by atoms with van der Waals surface area (Å²) in [4.78, 5) is 16.4. The number of benzene rings is 2. The summed E-state index contributed by atoms with van der Waals surface area (Å²) in [7, 11) is 0. The van der Waals surface area contributed by atoms with Crippen molar-refractivity contribution in [1.29, 1.82) is 0 Å². The van der Waals surface area contributed by atoms with Gasteiger partial charge < -0.3 is 14.2 Å². The summed E-state index contributed by atoms with van der Waals surface area (Å²) in [6.07, 6.45) is 0.813. The predicted molar refractivity (Wildman–Crippen MR) is 109 cm³/mol. The van der Waals surface area contributed by atoms with Crippen molar-refractivity contribution in [3.8, 4) is 11.5 Å². The molecule has 3 rings (SSSR count). The van der Waals surface area contributed by atoms with Gasteiger partial charge >= 0.3 is 5.97 Å². The van der Waals surface area contributed by atoms with Crippen LogP contribution < -0.4 is 9.47 Å². The van der Waals surface area contributed by atoms with Gasteiger partial charge in [-0.3, -0.25) is 4.79 Å². The Balaban J connectivity index is 1.32. The zero-order valence-electron chi connectivity index (χ0n) is 15.8. The second-order valence-corrected chi connectivity index (χ2v) is 7.19. The Hall–Kier alpha value is -2.86. The van der Waals surface area contributed by atoms with Crippen LogP contribution in [0.2, 0.25) is 0 Å². The van der Waals surface area contributed by atoms with Crippen LogP contribution >= 0.6 is 11.3 Å². The molecule has 146 valence electrons. The van der Waals surface area contributed by atoms with Crippen LogP contribution in [0, 0.1) is 6.92 Å². The molecular formula is C22H23NO4S. The lowest BCUT2D eigenvalue weighted by molar-refractivity contribution is -0.143. The molecule has 0 radical (unpaired) electrons. The second-order valence-electron chi connectivity index (χ2n) is 6.25. The maximum atomic E-state index is 11.9. The summed E-state index contributed by atoms with van der Waals surface area (Å²) < 4.78 is 16.5. The van der Waals surface area contributed by atoms with Crippen LogP contribution in [0.25, 0.3) is 0 Å². The Morgan fingerprint density at radius 2 is 1.71 bits per heavy atom. The highest BCUT2D eigenvalue weighted by molar-refractivity contribution is 7.09. The SMILES string of the molecule is Cc1ccc(OCc2nc(CC(=O)OCCCOc3ccccc3)cs2)cc1. The van der Waals surface area contributed by atoms with Gasteiger partial charge in [-0.25, -0.2) is 4.98 Å². The van der Waals surface area contributed by atoms with Crippen LogP contribution in [0.15, 0.2) is 60.0 Å². The highest BCUT2D eigenvalue weighted by Gasteiger charge is 2.09. The Kier molecular flexibility index (Phi) is 7.44. The third kappa shape index (κ3) is 6.70. The van der Waals surface area contributed by atoms with Gasteiger partial charge in [0.15, 0.2) is 0 Å². The number of aromatic nitrogens is 1. The van der Waals surface area contributed by atoms with Crippen molar-refractivity contribution in [3.63, 3.8) is 0 Å². The lowest BCUT2D eigenvalue weighted by atomic mass is 10.2. The van der Waals surface area contributed by atoms with Gasteiger partial charge in [0.1, 0.15) is 23.1 Å². The Bertz CT molecular complexity index is 862. The van der Waals surface area contributed by atoms with Gasteiger partial charge in [-0.15, -0.1) is 11.3 Å². The molecular weight excluding hydrogens is 374 g/mol. The van der Waals surface area contributed by atoms with E-state index in [4.69, 9.17) is 14.2 Å². The number of hydrogen-bond donors (Lipinski definition) is 0. The summed E-state index contributed by atoms with van der Waals surface area (Å²) in [6.45, 7) is 3.26. The van der Waals surface area contributed by atoms with E-state index in [0.717, 1.165) is 16.5 Å². The van der Waals surface area contributed by atoms with E-state index in [1.165, 1.54) is 16.9 Å². The van der Waals surface area contributed by atoms with E-state index < -0.39 is 0 Å². The minimum absolute atomic E-state index is 0.167. The fraction of sp³-hybridized carbons (Fsp3) is 0.273. The van der Waals surface area contributed by atoms with Crippen LogP contribution in [0.5, 0.6) is 11.5 Å². The number of hydrogen-bond acceptors (Lipinski definition) is 6. The van der Waals surface area contributed by atoms with Crippen molar-refractivity contribution in [2.75, 3.05) is 13.2 Å². The first-order valence-corrected chi connectivity index (χ1v) is 10.0. The molecule has 0 fully saturated rings. The number of para-hydroxylation sites is 1. The summed E-state index contributed by atoms with van der Waals surface area (Å²) >= 11 is 1.48. The molecule has 0 amide bonds. The zero-order chi connectivity index (χ0) is 19.6. The maximum absolute atomic E-state index is 11.9. The van der Waals surface area contributed by atoms with E-state index in [-0.39, 0.29) is 12.4 Å². The fourth-order valence-corrected chi connectivity index (χ4v) is 3.13. The minimum Gasteiger partial charge on any atom is -0.493 e. The number of esters is 1. The average molecular weight is 397 g/mol. The molecule has 0 saturated carbocycles. The maximum Gasteiger partial charge on any atom is 0.311 e. The van der Waals surface area contributed by atoms with Gasteiger partial charge in [-0.05, 0) is 31.2 Å². The van der Waals surface area contributed by atoms with Gasteiger partial charge in [0, 0.05) is 11.8 Å². The van der Waals surface area contributed by atoms with Gasteiger partial charge in [0.05, 0.1) is 25.3 Å². The summed E-state index contributed by atoms with van der Waals surface area (Å²) in [5.41, 5.74) is 1.90. The topological polar surface area (TPSA) is 57.7 Å². The zero-order valence-corrected chi connectivity index (χ0v) is 16.6. The van der Waals surface area contributed by atoms with Gasteiger partial charge in [-0.1, -0.05) is 35.9 Å². The number of nitrogens with zero attached hydrogens (tertiary/aromatic N) is 1. The first-order valence-electron chi connectivity index (χ1n) is 9.15. The van der Waals surface area contributed by atoms with Crippen LogP contribution in [-0.4, -0.2) is 24.2 Å². The van der Waals surface area contributed by atoms with Crippen molar-refractivity contribution in [2.45, 2.75) is 26.4 Å². The van der Waals surface area contributed by atoms with Crippen molar-refractivity contribution >= 4 is 17.3 Å². The van der Waals surface area contributed by atoms with Crippen molar-refractivity contribution in [1.82, 2.24) is 4.98 Å². The molecule has 1 aromatic heterocycles. The molecule has 5 nitrogen and oxygen atoms in total. The third-order valence-electron chi connectivity index (χ3n) is 3.87. The number of carbonyl (C=O) groups excluding carboxylic acids is 1. The predicted octanol–water partition coefficient (Wildman–Crippen LogP) is 4.59. The Morgan fingerprint density at radius 1 is 0.964 bits per heavy atom. The van der Waals surface area contributed by atoms with Crippen molar-refractivity contribution < 1.29 is 19.0 Å². The van der Waals surface area contributed by atoms with Crippen molar-refractivity contribution in [3.05, 3.63) is 76.2 Å². The number of thiazole rings is 1. The first kappa shape index (κ1) is 19.9. The van der Waals surface area contributed by atoms with E-state index in [1.54, 1.807) is 0 Å². The lowest BCUT2D eigenvalue weighted by Gasteiger charge is -2.06. The molecule has 6 heteroatoms. The fourth-order valence-electron chi connectivity index (χ4n) is 2.43. The molecule has 0 N–H and O–H groups in total. The smallest absolute Gasteiger partial charge is 0.311 e. The molecule has 0 aliphatic heterocycles. The van der Waals surface area contributed by atoms with E-state index in [1.807, 2.05) is 66.9 Å². The van der Waals surface area contributed by atoms with Gasteiger partial charge in [0.2, 0.25) is 0 Å². The van der Waals surface area contributed by atoms with E-state index >= 15 is 0 Å². The van der Waals surface area contributed by atoms with Crippen molar-refractivity contribution in [2.24, 2.45) is 0 Å². The summed E-state index contributed by atoms with van der Waals surface area (Å²) in [5, 5.41) is 2.70. The molecule has 0 aliphatic carbocycles. The van der Waals surface area contributed by atoms with Crippen LogP contribution in [0.3, 0.4) is 0 Å². The lowest BCUT2D eigenvalue weighted by Crippen LogP contribution is -2.11. The number of aryl methyl sites for hydroxylation is 1. The largest absolute Gasteiger partial charge is 0.493 e. The molecule has 0 spiro atoms. The number of rotatable bonds is 10. The Morgan fingerprint density at radius 3 is 2.50 bits per heavy atom. The average Bonchev–Trinajstić information content (AvgIpc) is 3.15. The molecule has 0 aliphatic rings. The highest BCUT2D eigenvalue weighted by Crippen LogP contribution is 2.16. The monoisotopic (exact) mass is 397 g/mol. The Labute approximate surface area is 168 Å². The van der Waals surface area contributed by atoms with E-state index in [2.05, 4.69) is 4.98 Å². The second kappa shape index (κ2) is 10.5. The number of carbonyl (C=O) groups is 1. The molecule has 0 bridgehead atoms. The molecule has 0 unspecified atom stereocenters. The summed E-state index contributed by atoms with van der Waals surface area (Å²) in [5.74, 6) is 1.34. The van der Waals surface area contributed by atoms with Gasteiger partial charge in [0.25, 0.3) is 0 Å². The molecule has 2 aromatic carbocycles. The van der Waals surface area contributed by atoms with E-state index in [9.17, 15) is 4.79 Å². The molecule has 0 saturated heterocycles. The summed E-state index contributed by atoms with van der Waals surface area (Å²) in [6, 6.07) is 17.4. The van der Waals surface area contributed by atoms with Crippen LogP contribution in [-0.2, 0) is 22.6 Å². The van der Waals surface area contributed by atoms with Crippen LogP contribution in [0.4, 0.5) is 0 Å². The van der Waals surface area contributed by atoms with Gasteiger partial charge in [-0.2, -0.15) is 0 Å². The molecule has 3 aromatic rings. The standard InChI is InChI=1S/C22H23NO4S/c1-17-8-10-20(11-9-17)27-15-21-23-18(16-28-21)14-22(24)26-13-5-12-25-19-6-3-2-4-7-19/h2-4,6-11,16H,5,12-15H2,1H3. The quantitative estimate of drug-likeness (QED) is 0.370. The molecule has 28 heavy (non-hydrogen) atoms. The van der Waals surface area contributed by atoms with Crippen LogP contribution in [0.1, 0.15) is 22.7 Å². The third-order valence-corrected chi connectivity index (χ3v) is 4.74. The molecule has 0 atom stereocenters.